The van der Waals surface area contributed by atoms with Crippen LogP contribution in [0.4, 0.5) is 0 Å². The van der Waals surface area contributed by atoms with Gasteiger partial charge >= 0.3 is 7.60 Å². The van der Waals surface area contributed by atoms with Crippen molar-refractivity contribution < 1.29 is 18.7 Å². The zero-order valence-electron chi connectivity index (χ0n) is 9.96. The number of phenolic OH excluding ortho intramolecular Hbond substituents is 1. The van der Waals surface area contributed by atoms with Crippen LogP contribution in [0.2, 0.25) is 0 Å². The molecule has 0 aliphatic carbocycles. The molecule has 0 unspecified atom stereocenters. The Morgan fingerprint density at radius 1 is 1.29 bits per heavy atom. The number of hydrogen-bond donors (Lipinski definition) is 1. The molecule has 0 atom stereocenters. The second-order valence-corrected chi connectivity index (χ2v) is 6.75. The van der Waals surface area contributed by atoms with E-state index in [0.29, 0.717) is 13.2 Å². The van der Waals surface area contributed by atoms with Gasteiger partial charge in [-0.2, -0.15) is 0 Å². The summed E-state index contributed by atoms with van der Waals surface area (Å²) in [6.45, 7) is 4.28. The van der Waals surface area contributed by atoms with Crippen molar-refractivity contribution in [2.45, 2.75) is 18.7 Å². The third kappa shape index (κ3) is 5.13. The molecule has 1 rings (SSSR count). The van der Waals surface area contributed by atoms with Gasteiger partial charge in [0.15, 0.2) is 0 Å². The van der Waals surface area contributed by atoms with Crippen molar-refractivity contribution in [3.05, 3.63) is 24.3 Å². The highest BCUT2D eigenvalue weighted by Gasteiger charge is 2.23. The van der Waals surface area contributed by atoms with E-state index in [0.717, 1.165) is 4.90 Å². The average Bonchev–Trinajstić information content (AvgIpc) is 2.27. The third-order valence-corrected chi connectivity index (χ3v) is 5.53. The van der Waals surface area contributed by atoms with Crippen LogP contribution in [0.1, 0.15) is 13.8 Å². The monoisotopic (exact) mass is 276 g/mol. The second-order valence-electron chi connectivity index (χ2n) is 3.22. The topological polar surface area (TPSA) is 55.8 Å². The summed E-state index contributed by atoms with van der Waals surface area (Å²) in [7, 11) is -3.02. The van der Waals surface area contributed by atoms with Crippen molar-refractivity contribution >= 4 is 19.4 Å². The van der Waals surface area contributed by atoms with Gasteiger partial charge in [0, 0.05) is 4.90 Å². The Morgan fingerprint density at radius 2 is 1.94 bits per heavy atom. The summed E-state index contributed by atoms with van der Waals surface area (Å²) < 4.78 is 22.5. The van der Waals surface area contributed by atoms with Gasteiger partial charge in [-0.15, -0.1) is 11.8 Å². The number of phenols is 1. The molecule has 4 nitrogen and oxygen atoms in total. The van der Waals surface area contributed by atoms with Crippen LogP contribution in [0.25, 0.3) is 0 Å². The molecule has 0 fully saturated rings. The summed E-state index contributed by atoms with van der Waals surface area (Å²) in [5, 5.41) is 9.30. The highest BCUT2D eigenvalue weighted by molar-refractivity contribution is 8.04. The van der Waals surface area contributed by atoms with Gasteiger partial charge in [-0.05, 0) is 32.0 Å². The molecule has 96 valence electrons. The smallest absolute Gasteiger partial charge is 0.340 e. The van der Waals surface area contributed by atoms with Gasteiger partial charge in [-0.1, -0.05) is 6.07 Å². The first-order chi connectivity index (χ1) is 8.09. The molecule has 0 radical (unpaired) electrons. The maximum Gasteiger partial charge on any atom is 0.340 e. The van der Waals surface area contributed by atoms with Crippen molar-refractivity contribution in [2.75, 3.05) is 18.7 Å². The molecule has 0 aliphatic heterocycles. The number of rotatable bonds is 7. The van der Waals surface area contributed by atoms with Crippen LogP contribution < -0.4 is 0 Å². The zero-order chi connectivity index (χ0) is 12.7. The molecule has 0 spiro atoms. The quantitative estimate of drug-likeness (QED) is 0.607. The Kier molecular flexibility index (Phi) is 6.06. The maximum atomic E-state index is 12.1. The molecule has 17 heavy (non-hydrogen) atoms. The lowest BCUT2D eigenvalue weighted by atomic mass is 10.3. The lowest BCUT2D eigenvalue weighted by molar-refractivity contribution is 0.224. The van der Waals surface area contributed by atoms with E-state index in [9.17, 15) is 9.67 Å². The Bertz CT molecular complexity index is 387. The molecular weight excluding hydrogens is 259 g/mol. The van der Waals surface area contributed by atoms with E-state index in [1.807, 2.05) is 6.07 Å². The van der Waals surface area contributed by atoms with Crippen LogP contribution in [-0.4, -0.2) is 23.8 Å². The van der Waals surface area contributed by atoms with Crippen LogP contribution in [0, 0.1) is 0 Å². The normalized spacial score (nSPS) is 11.6. The first-order valence-electron chi connectivity index (χ1n) is 5.39. The fourth-order valence-corrected chi connectivity index (χ4v) is 4.30. The first kappa shape index (κ1) is 14.6. The van der Waals surface area contributed by atoms with Gasteiger partial charge in [0.2, 0.25) is 0 Å². The molecule has 1 N–H and O–H groups in total. The van der Waals surface area contributed by atoms with Crippen molar-refractivity contribution in [3.8, 4) is 5.75 Å². The standard InChI is InChI=1S/C11H17O4PS/c1-3-14-16(13,15-4-2)9-17-11-7-5-6-10(12)8-11/h5-8,12H,3-4,9H2,1-2H3. The van der Waals surface area contributed by atoms with E-state index in [4.69, 9.17) is 9.05 Å². The van der Waals surface area contributed by atoms with E-state index in [1.165, 1.54) is 11.8 Å². The molecular formula is C11H17O4PS. The third-order valence-electron chi connectivity index (χ3n) is 1.86. The van der Waals surface area contributed by atoms with E-state index in [-0.39, 0.29) is 11.2 Å². The summed E-state index contributed by atoms with van der Waals surface area (Å²) in [6.07, 6.45) is 0. The number of benzene rings is 1. The average molecular weight is 276 g/mol. The summed E-state index contributed by atoms with van der Waals surface area (Å²) in [5.74, 6) is 0.192. The van der Waals surface area contributed by atoms with Crippen molar-refractivity contribution in [1.82, 2.24) is 0 Å². The number of thioether (sulfide) groups is 1. The molecule has 0 saturated heterocycles. The van der Waals surface area contributed by atoms with Gasteiger partial charge in [0.1, 0.15) is 11.2 Å². The molecule has 0 aliphatic rings. The zero-order valence-corrected chi connectivity index (χ0v) is 11.7. The van der Waals surface area contributed by atoms with Crippen molar-refractivity contribution in [2.24, 2.45) is 0 Å². The minimum Gasteiger partial charge on any atom is -0.508 e. The minimum atomic E-state index is -3.02. The Labute approximate surface area is 106 Å². The highest BCUT2D eigenvalue weighted by Crippen LogP contribution is 2.52. The van der Waals surface area contributed by atoms with E-state index >= 15 is 0 Å². The first-order valence-corrected chi connectivity index (χ1v) is 8.11. The van der Waals surface area contributed by atoms with Crippen LogP contribution in [0.5, 0.6) is 5.75 Å². The molecule has 6 heteroatoms. The largest absolute Gasteiger partial charge is 0.508 e. The maximum absolute atomic E-state index is 12.1. The molecule has 0 bridgehead atoms. The summed E-state index contributed by atoms with van der Waals surface area (Å²) in [6, 6.07) is 6.79. The number of hydrogen-bond acceptors (Lipinski definition) is 5. The fraction of sp³-hybridized carbons (Fsp3) is 0.455. The molecule has 0 saturated carbocycles. The van der Waals surface area contributed by atoms with E-state index < -0.39 is 7.60 Å². The lowest BCUT2D eigenvalue weighted by Gasteiger charge is -2.16. The Hall–Kier alpha value is -0.480. The van der Waals surface area contributed by atoms with Gasteiger partial charge in [-0.25, -0.2) is 0 Å². The predicted octanol–water partition coefficient (Wildman–Crippen LogP) is 3.71. The van der Waals surface area contributed by atoms with Crippen LogP contribution >= 0.6 is 19.4 Å². The number of aromatic hydroxyl groups is 1. The molecule has 0 aromatic heterocycles. The Balaban J connectivity index is 2.60. The van der Waals surface area contributed by atoms with E-state index in [1.54, 1.807) is 32.0 Å². The van der Waals surface area contributed by atoms with Gasteiger partial charge in [0.05, 0.1) is 13.2 Å². The molecule has 0 amide bonds. The summed E-state index contributed by atoms with van der Waals surface area (Å²) in [5.41, 5.74) is 0.248. The summed E-state index contributed by atoms with van der Waals surface area (Å²) in [4.78, 5) is 0.838. The lowest BCUT2D eigenvalue weighted by Crippen LogP contribution is -1.97. The Morgan fingerprint density at radius 3 is 2.47 bits per heavy atom. The van der Waals surface area contributed by atoms with Gasteiger partial charge < -0.3 is 14.2 Å². The van der Waals surface area contributed by atoms with Crippen LogP contribution in [0.15, 0.2) is 29.2 Å². The summed E-state index contributed by atoms with van der Waals surface area (Å²) >= 11 is 1.35. The van der Waals surface area contributed by atoms with Gasteiger partial charge in [0.25, 0.3) is 0 Å². The predicted molar refractivity (Wildman–Crippen MR) is 69.7 cm³/mol. The van der Waals surface area contributed by atoms with E-state index in [2.05, 4.69) is 0 Å². The molecule has 0 heterocycles. The fourth-order valence-electron chi connectivity index (χ4n) is 1.23. The molecule has 1 aromatic rings. The van der Waals surface area contributed by atoms with Crippen LogP contribution in [-0.2, 0) is 13.6 Å². The molecule has 1 aromatic carbocycles. The highest BCUT2D eigenvalue weighted by atomic mass is 32.2. The van der Waals surface area contributed by atoms with Crippen LogP contribution in [0.3, 0.4) is 0 Å². The SMILES string of the molecule is CCOP(=O)(CSc1cccc(O)c1)OCC. The van der Waals surface area contributed by atoms with Gasteiger partial charge in [-0.3, -0.25) is 4.57 Å². The van der Waals surface area contributed by atoms with Crippen molar-refractivity contribution in [3.63, 3.8) is 0 Å². The minimum absolute atomic E-state index is 0.192. The second kappa shape index (κ2) is 7.07. The van der Waals surface area contributed by atoms with Crippen molar-refractivity contribution in [1.29, 1.82) is 0 Å².